The predicted octanol–water partition coefficient (Wildman–Crippen LogP) is 6.73. The third-order valence-corrected chi connectivity index (χ3v) is 6.75. The van der Waals surface area contributed by atoms with Gasteiger partial charge in [0, 0.05) is 19.6 Å². The van der Waals surface area contributed by atoms with E-state index in [0.717, 1.165) is 55.1 Å². The first-order valence-electron chi connectivity index (χ1n) is 11.6. The third-order valence-electron chi connectivity index (χ3n) is 6.46. The molecule has 0 bridgehead atoms. The van der Waals surface area contributed by atoms with Crippen LogP contribution in [0.4, 0.5) is 24.8 Å². The maximum atomic E-state index is 14.1. The summed E-state index contributed by atoms with van der Waals surface area (Å²) >= 11 is 6.56. The van der Waals surface area contributed by atoms with Crippen LogP contribution < -0.4 is 4.90 Å². The average molecular weight is 469 g/mol. The second-order valence-corrected chi connectivity index (χ2v) is 9.69. The van der Waals surface area contributed by atoms with Gasteiger partial charge in [-0.1, -0.05) is 37.4 Å². The van der Waals surface area contributed by atoms with Gasteiger partial charge >= 0.3 is 6.18 Å². The van der Waals surface area contributed by atoms with Gasteiger partial charge in [-0.25, -0.2) is 4.98 Å². The Kier molecular flexibility index (Phi) is 6.78. The standard InChI is InChI=1S/C24H32ClF3N4/c1-4-9-30(12-8-18-6-7-18)15-20-22(24(26,27)28)29-23-31(20)10-5-11-32(23)21-17(3)13-16(2)14-19(21)25/h13-14,18H,4-12,15H2,1-3H3. The molecule has 2 aliphatic rings. The maximum Gasteiger partial charge on any atom is 0.435 e. The summed E-state index contributed by atoms with van der Waals surface area (Å²) in [4.78, 5) is 8.22. The SMILES string of the molecule is CCCN(CCC1CC1)Cc1c(C(F)(F)F)nc2n1CCCN2c1c(C)cc(C)cc1Cl. The highest BCUT2D eigenvalue weighted by Gasteiger charge is 2.41. The molecule has 0 spiro atoms. The van der Waals surface area contributed by atoms with Gasteiger partial charge in [-0.2, -0.15) is 13.2 Å². The van der Waals surface area contributed by atoms with Gasteiger partial charge in [-0.3, -0.25) is 4.90 Å². The van der Waals surface area contributed by atoms with Crippen LogP contribution in [0.15, 0.2) is 12.1 Å². The molecule has 0 saturated heterocycles. The van der Waals surface area contributed by atoms with Gasteiger partial charge in [0.2, 0.25) is 5.95 Å². The molecule has 0 amide bonds. The second-order valence-electron chi connectivity index (χ2n) is 9.28. The first-order valence-corrected chi connectivity index (χ1v) is 12.0. The zero-order chi connectivity index (χ0) is 23.0. The van der Waals surface area contributed by atoms with Crippen molar-refractivity contribution in [2.45, 2.75) is 72.1 Å². The normalized spacial score (nSPS) is 16.7. The molecule has 4 rings (SSSR count). The molecule has 1 aliphatic carbocycles. The number of nitrogens with zero attached hydrogens (tertiary/aromatic N) is 4. The van der Waals surface area contributed by atoms with Crippen LogP contribution in [0.3, 0.4) is 0 Å². The Labute approximate surface area is 193 Å². The summed E-state index contributed by atoms with van der Waals surface area (Å²) < 4.78 is 44.1. The van der Waals surface area contributed by atoms with E-state index < -0.39 is 11.9 Å². The van der Waals surface area contributed by atoms with Crippen LogP contribution in [0, 0.1) is 19.8 Å². The highest BCUT2D eigenvalue weighted by molar-refractivity contribution is 6.33. The second kappa shape index (κ2) is 9.26. The number of aryl methyl sites for hydroxylation is 2. The Hall–Kier alpha value is -1.73. The smallest absolute Gasteiger partial charge is 0.312 e. The van der Waals surface area contributed by atoms with E-state index in [1.165, 1.54) is 12.8 Å². The van der Waals surface area contributed by atoms with E-state index in [4.69, 9.17) is 11.6 Å². The van der Waals surface area contributed by atoms with Crippen molar-refractivity contribution in [2.24, 2.45) is 5.92 Å². The Balaban J connectivity index is 1.73. The summed E-state index contributed by atoms with van der Waals surface area (Å²) in [7, 11) is 0. The molecule has 4 nitrogen and oxygen atoms in total. The molecule has 8 heteroatoms. The molecule has 0 atom stereocenters. The van der Waals surface area contributed by atoms with Crippen LogP contribution in [0.25, 0.3) is 0 Å². The van der Waals surface area contributed by atoms with Crippen LogP contribution in [-0.4, -0.2) is 34.1 Å². The summed E-state index contributed by atoms with van der Waals surface area (Å²) in [6.07, 6.45) is 0.728. The van der Waals surface area contributed by atoms with Crippen molar-refractivity contribution in [1.82, 2.24) is 14.5 Å². The first kappa shape index (κ1) is 23.4. The van der Waals surface area contributed by atoms with E-state index in [2.05, 4.69) is 16.8 Å². The van der Waals surface area contributed by atoms with Gasteiger partial charge in [-0.15, -0.1) is 0 Å². The lowest BCUT2D eigenvalue weighted by Gasteiger charge is -2.32. The fraction of sp³-hybridized carbons (Fsp3) is 0.625. The average Bonchev–Trinajstić information content (AvgIpc) is 3.45. The summed E-state index contributed by atoms with van der Waals surface area (Å²) in [5.41, 5.74) is 2.25. The molecular formula is C24H32ClF3N4. The summed E-state index contributed by atoms with van der Waals surface area (Å²) in [5.74, 6) is 1.10. The molecule has 2 aromatic rings. The van der Waals surface area contributed by atoms with Crippen LogP contribution in [0.1, 0.15) is 61.5 Å². The number of aromatic nitrogens is 2. The van der Waals surface area contributed by atoms with E-state index in [9.17, 15) is 13.2 Å². The first-order chi connectivity index (χ1) is 15.2. The molecule has 0 N–H and O–H groups in total. The topological polar surface area (TPSA) is 24.3 Å². The number of halogens is 4. The van der Waals surface area contributed by atoms with Gasteiger partial charge in [0.05, 0.1) is 16.4 Å². The number of benzene rings is 1. The van der Waals surface area contributed by atoms with Gasteiger partial charge in [-0.05, 0) is 69.3 Å². The highest BCUT2D eigenvalue weighted by Crippen LogP contribution is 2.41. The van der Waals surface area contributed by atoms with E-state index in [1.54, 1.807) is 4.57 Å². The minimum absolute atomic E-state index is 0.275. The Bertz CT molecular complexity index is 942. The van der Waals surface area contributed by atoms with Crippen LogP contribution >= 0.6 is 11.6 Å². The van der Waals surface area contributed by atoms with E-state index in [1.807, 2.05) is 30.9 Å². The van der Waals surface area contributed by atoms with Crippen molar-refractivity contribution in [3.8, 4) is 0 Å². The maximum absolute atomic E-state index is 14.1. The summed E-state index contributed by atoms with van der Waals surface area (Å²) in [6.45, 7) is 9.01. The lowest BCUT2D eigenvalue weighted by molar-refractivity contribution is -0.141. The quantitative estimate of drug-likeness (QED) is 0.429. The number of hydrogen-bond acceptors (Lipinski definition) is 3. The molecule has 2 heterocycles. The minimum Gasteiger partial charge on any atom is -0.312 e. The summed E-state index contributed by atoms with van der Waals surface area (Å²) in [5, 5.41) is 0.547. The van der Waals surface area contributed by atoms with E-state index in [-0.39, 0.29) is 12.2 Å². The van der Waals surface area contributed by atoms with Crippen molar-refractivity contribution in [3.63, 3.8) is 0 Å². The highest BCUT2D eigenvalue weighted by atomic mass is 35.5. The third kappa shape index (κ3) is 4.93. The molecule has 1 aromatic carbocycles. The van der Waals surface area contributed by atoms with Crippen LogP contribution in [0.2, 0.25) is 5.02 Å². The zero-order valence-corrected chi connectivity index (χ0v) is 19.9. The van der Waals surface area contributed by atoms with Gasteiger partial charge < -0.3 is 9.47 Å². The molecule has 32 heavy (non-hydrogen) atoms. The van der Waals surface area contributed by atoms with Gasteiger partial charge in [0.25, 0.3) is 0 Å². The van der Waals surface area contributed by atoms with Crippen molar-refractivity contribution in [1.29, 1.82) is 0 Å². The van der Waals surface area contributed by atoms with Crippen LogP contribution in [-0.2, 0) is 19.3 Å². The van der Waals surface area contributed by atoms with E-state index >= 15 is 0 Å². The largest absolute Gasteiger partial charge is 0.435 e. The van der Waals surface area contributed by atoms with Crippen molar-refractivity contribution in [2.75, 3.05) is 24.5 Å². The van der Waals surface area contributed by atoms with E-state index in [0.29, 0.717) is 24.1 Å². The molecule has 0 unspecified atom stereocenters. The van der Waals surface area contributed by atoms with Crippen molar-refractivity contribution in [3.05, 3.63) is 39.7 Å². The Morgan fingerprint density at radius 1 is 1.16 bits per heavy atom. The summed E-state index contributed by atoms with van der Waals surface area (Å²) in [6, 6.07) is 3.87. The lowest BCUT2D eigenvalue weighted by Crippen LogP contribution is -2.32. The van der Waals surface area contributed by atoms with Crippen LogP contribution in [0.5, 0.6) is 0 Å². The molecule has 1 saturated carbocycles. The van der Waals surface area contributed by atoms with Crippen molar-refractivity contribution >= 4 is 23.2 Å². The molecule has 0 radical (unpaired) electrons. The molecule has 1 fully saturated rings. The van der Waals surface area contributed by atoms with Crippen molar-refractivity contribution < 1.29 is 13.2 Å². The fourth-order valence-electron chi connectivity index (χ4n) is 4.82. The predicted molar refractivity (Wildman–Crippen MR) is 123 cm³/mol. The number of fused-ring (bicyclic) bond motifs is 1. The minimum atomic E-state index is -4.49. The molecule has 1 aliphatic heterocycles. The number of alkyl halides is 3. The Morgan fingerprint density at radius 2 is 1.91 bits per heavy atom. The molecule has 1 aromatic heterocycles. The number of hydrogen-bond donors (Lipinski definition) is 0. The lowest BCUT2D eigenvalue weighted by atomic mass is 10.1. The van der Waals surface area contributed by atoms with Gasteiger partial charge in [0.15, 0.2) is 5.69 Å². The molecule has 176 valence electrons. The number of imidazole rings is 1. The number of rotatable bonds is 8. The molecular weight excluding hydrogens is 437 g/mol. The fourth-order valence-corrected chi connectivity index (χ4v) is 5.24. The Morgan fingerprint density at radius 3 is 2.53 bits per heavy atom. The zero-order valence-electron chi connectivity index (χ0n) is 19.1. The number of anilines is 2. The van der Waals surface area contributed by atoms with Gasteiger partial charge in [0.1, 0.15) is 0 Å². The monoisotopic (exact) mass is 468 g/mol.